The first kappa shape index (κ1) is 13.0. The minimum absolute atomic E-state index is 0.191. The van der Waals surface area contributed by atoms with Crippen LogP contribution in [0.15, 0.2) is 51.4 Å². The van der Waals surface area contributed by atoms with Gasteiger partial charge in [0.1, 0.15) is 11.9 Å². The molecular formula is C15H13Br2NO. The Labute approximate surface area is 129 Å². The van der Waals surface area contributed by atoms with Crippen LogP contribution in [0.25, 0.3) is 0 Å². The Kier molecular flexibility index (Phi) is 3.80. The van der Waals surface area contributed by atoms with Crippen molar-refractivity contribution < 1.29 is 4.74 Å². The van der Waals surface area contributed by atoms with Crippen molar-refractivity contribution in [3.8, 4) is 5.75 Å². The molecule has 0 amide bonds. The van der Waals surface area contributed by atoms with Gasteiger partial charge in [0.2, 0.25) is 0 Å². The van der Waals surface area contributed by atoms with Crippen molar-refractivity contribution in [2.24, 2.45) is 0 Å². The molecule has 1 unspecified atom stereocenters. The molecule has 0 spiro atoms. The minimum atomic E-state index is 0.191. The number of ether oxygens (including phenoxy) is 1. The zero-order valence-electron chi connectivity index (χ0n) is 10.2. The lowest BCUT2D eigenvalue weighted by atomic mass is 10.1. The van der Waals surface area contributed by atoms with E-state index in [0.717, 1.165) is 33.3 Å². The van der Waals surface area contributed by atoms with Crippen LogP contribution in [-0.2, 0) is 6.42 Å². The highest BCUT2D eigenvalue weighted by Gasteiger charge is 2.22. The van der Waals surface area contributed by atoms with E-state index < -0.39 is 0 Å². The summed E-state index contributed by atoms with van der Waals surface area (Å²) in [6.07, 6.45) is 1.14. The smallest absolute Gasteiger partial charge is 0.123 e. The fourth-order valence-electron chi connectivity index (χ4n) is 2.23. The zero-order chi connectivity index (χ0) is 13.2. The predicted octanol–water partition coefficient (Wildman–Crippen LogP) is 4.63. The fourth-order valence-corrected chi connectivity index (χ4v) is 3.06. The monoisotopic (exact) mass is 381 g/mol. The van der Waals surface area contributed by atoms with E-state index in [4.69, 9.17) is 4.74 Å². The summed E-state index contributed by atoms with van der Waals surface area (Å²) in [7, 11) is 0. The highest BCUT2D eigenvalue weighted by molar-refractivity contribution is 9.10. The van der Waals surface area contributed by atoms with Crippen molar-refractivity contribution in [1.29, 1.82) is 0 Å². The number of para-hydroxylation sites is 1. The summed E-state index contributed by atoms with van der Waals surface area (Å²) in [6.45, 7) is 0.801. The van der Waals surface area contributed by atoms with Gasteiger partial charge in [-0.2, -0.15) is 0 Å². The Hall–Kier alpha value is -1.000. The van der Waals surface area contributed by atoms with Gasteiger partial charge in [0, 0.05) is 21.1 Å². The topological polar surface area (TPSA) is 21.3 Å². The molecule has 1 atom stereocenters. The van der Waals surface area contributed by atoms with Crippen LogP contribution < -0.4 is 10.1 Å². The normalized spacial score (nSPS) is 16.8. The Balaban J connectivity index is 1.63. The van der Waals surface area contributed by atoms with Crippen LogP contribution in [0, 0.1) is 0 Å². The van der Waals surface area contributed by atoms with E-state index in [0.29, 0.717) is 0 Å². The molecule has 1 aliphatic rings. The number of halogens is 2. The van der Waals surface area contributed by atoms with Gasteiger partial charge in [-0.3, -0.25) is 0 Å². The summed E-state index contributed by atoms with van der Waals surface area (Å²) < 4.78 is 8.11. The van der Waals surface area contributed by atoms with Crippen LogP contribution in [0.1, 0.15) is 5.56 Å². The molecule has 0 bridgehead atoms. The third-order valence-corrected chi connectivity index (χ3v) is 4.34. The Morgan fingerprint density at radius 1 is 1.16 bits per heavy atom. The van der Waals surface area contributed by atoms with E-state index in [-0.39, 0.29) is 6.10 Å². The van der Waals surface area contributed by atoms with Crippen molar-refractivity contribution in [2.75, 3.05) is 11.9 Å². The second-order valence-corrected chi connectivity index (χ2v) is 6.33. The molecule has 3 rings (SSSR count). The number of hydrogen-bond donors (Lipinski definition) is 1. The molecule has 0 aromatic heterocycles. The quantitative estimate of drug-likeness (QED) is 0.835. The molecule has 0 fully saturated rings. The molecule has 0 saturated carbocycles. The first-order chi connectivity index (χ1) is 9.22. The number of anilines is 1. The van der Waals surface area contributed by atoms with E-state index in [2.05, 4.69) is 49.3 Å². The van der Waals surface area contributed by atoms with E-state index in [1.54, 1.807) is 0 Å². The van der Waals surface area contributed by atoms with Crippen LogP contribution in [0.3, 0.4) is 0 Å². The Bertz CT molecular complexity index is 600. The number of fused-ring (bicyclic) bond motifs is 1. The molecule has 19 heavy (non-hydrogen) atoms. The summed E-state index contributed by atoms with van der Waals surface area (Å²) in [6, 6.07) is 14.3. The number of rotatable bonds is 3. The summed E-state index contributed by atoms with van der Waals surface area (Å²) in [5.74, 6) is 1.00. The van der Waals surface area contributed by atoms with Gasteiger partial charge in [0.25, 0.3) is 0 Å². The lowest BCUT2D eigenvalue weighted by molar-refractivity contribution is 0.246. The minimum Gasteiger partial charge on any atom is -0.488 e. The lowest BCUT2D eigenvalue weighted by Gasteiger charge is -2.13. The second-order valence-electron chi connectivity index (χ2n) is 4.56. The molecular weight excluding hydrogens is 370 g/mol. The van der Waals surface area contributed by atoms with Crippen molar-refractivity contribution in [3.05, 3.63) is 57.0 Å². The van der Waals surface area contributed by atoms with Gasteiger partial charge in [0.15, 0.2) is 0 Å². The maximum absolute atomic E-state index is 5.92. The average molecular weight is 383 g/mol. The van der Waals surface area contributed by atoms with Gasteiger partial charge in [-0.25, -0.2) is 0 Å². The predicted molar refractivity (Wildman–Crippen MR) is 84.9 cm³/mol. The van der Waals surface area contributed by atoms with E-state index >= 15 is 0 Å². The van der Waals surface area contributed by atoms with Crippen LogP contribution in [-0.4, -0.2) is 12.6 Å². The number of nitrogens with one attached hydrogen (secondary N) is 1. The molecule has 0 saturated heterocycles. The number of benzene rings is 2. The maximum atomic E-state index is 5.92. The molecule has 0 aliphatic carbocycles. The fraction of sp³-hybridized carbons (Fsp3) is 0.200. The SMILES string of the molecule is Brc1ccc2c(c1)CC(CNc1ccccc1Br)O2. The van der Waals surface area contributed by atoms with Crippen LogP contribution in [0.4, 0.5) is 5.69 Å². The first-order valence-electron chi connectivity index (χ1n) is 6.16. The van der Waals surface area contributed by atoms with Crippen molar-refractivity contribution in [1.82, 2.24) is 0 Å². The molecule has 2 aromatic rings. The third-order valence-electron chi connectivity index (χ3n) is 3.16. The molecule has 98 valence electrons. The summed E-state index contributed by atoms with van der Waals surface area (Å²) in [5.41, 5.74) is 2.37. The molecule has 2 nitrogen and oxygen atoms in total. The van der Waals surface area contributed by atoms with Gasteiger partial charge in [-0.15, -0.1) is 0 Å². The molecule has 1 aliphatic heterocycles. The second kappa shape index (κ2) is 5.55. The zero-order valence-corrected chi connectivity index (χ0v) is 13.4. The molecule has 2 aromatic carbocycles. The lowest BCUT2D eigenvalue weighted by Crippen LogP contribution is -2.24. The standard InChI is InChI=1S/C15H13Br2NO/c16-11-5-6-15-10(7-11)8-12(19-15)9-18-14-4-2-1-3-13(14)17/h1-7,12,18H,8-9H2. The van der Waals surface area contributed by atoms with E-state index in [1.807, 2.05) is 30.3 Å². The average Bonchev–Trinajstić information content (AvgIpc) is 2.79. The van der Waals surface area contributed by atoms with E-state index in [9.17, 15) is 0 Å². The van der Waals surface area contributed by atoms with Gasteiger partial charge in [0.05, 0.1) is 6.54 Å². The van der Waals surface area contributed by atoms with E-state index in [1.165, 1.54) is 5.56 Å². The number of hydrogen-bond acceptors (Lipinski definition) is 2. The van der Waals surface area contributed by atoms with Gasteiger partial charge < -0.3 is 10.1 Å². The van der Waals surface area contributed by atoms with Crippen molar-refractivity contribution in [2.45, 2.75) is 12.5 Å². The Morgan fingerprint density at radius 3 is 2.84 bits per heavy atom. The first-order valence-corrected chi connectivity index (χ1v) is 7.74. The maximum Gasteiger partial charge on any atom is 0.123 e. The molecule has 4 heteroatoms. The summed E-state index contributed by atoms with van der Waals surface area (Å²) in [5, 5.41) is 3.42. The Morgan fingerprint density at radius 2 is 2.00 bits per heavy atom. The highest BCUT2D eigenvalue weighted by Crippen LogP contribution is 2.31. The van der Waals surface area contributed by atoms with Gasteiger partial charge in [-0.05, 0) is 51.8 Å². The molecule has 0 radical (unpaired) electrons. The summed E-state index contributed by atoms with van der Waals surface area (Å²) in [4.78, 5) is 0. The van der Waals surface area contributed by atoms with Crippen molar-refractivity contribution >= 4 is 37.5 Å². The van der Waals surface area contributed by atoms with Gasteiger partial charge in [-0.1, -0.05) is 28.1 Å². The largest absolute Gasteiger partial charge is 0.488 e. The van der Waals surface area contributed by atoms with Gasteiger partial charge >= 0.3 is 0 Å². The van der Waals surface area contributed by atoms with Crippen LogP contribution in [0.5, 0.6) is 5.75 Å². The molecule has 1 N–H and O–H groups in total. The van der Waals surface area contributed by atoms with Crippen LogP contribution in [0.2, 0.25) is 0 Å². The molecule has 1 heterocycles. The third kappa shape index (κ3) is 2.95. The van der Waals surface area contributed by atoms with Crippen LogP contribution >= 0.6 is 31.9 Å². The highest BCUT2D eigenvalue weighted by atomic mass is 79.9. The van der Waals surface area contributed by atoms with Crippen molar-refractivity contribution in [3.63, 3.8) is 0 Å². The summed E-state index contributed by atoms with van der Waals surface area (Å²) >= 11 is 7.03.